The van der Waals surface area contributed by atoms with Crippen LogP contribution in [0, 0.1) is 0 Å². The number of carbonyl (C=O) groups excluding carboxylic acids is 2. The van der Waals surface area contributed by atoms with Gasteiger partial charge in [-0.05, 0) is 31.2 Å². The SMILES string of the molecule is CCNCc1ccc(OC)c(OC(C)C(=O)NC(N)=O)c1. The molecule has 4 N–H and O–H groups in total. The predicted octanol–water partition coefficient (Wildman–Crippen LogP) is 0.767. The van der Waals surface area contributed by atoms with Crippen LogP contribution in [0.15, 0.2) is 18.2 Å². The highest BCUT2D eigenvalue weighted by Gasteiger charge is 2.18. The zero-order valence-electron chi connectivity index (χ0n) is 12.4. The van der Waals surface area contributed by atoms with Crippen molar-refractivity contribution in [2.45, 2.75) is 26.5 Å². The van der Waals surface area contributed by atoms with E-state index in [1.807, 2.05) is 18.3 Å². The number of imide groups is 1. The second-order valence-electron chi connectivity index (χ2n) is 4.38. The molecule has 1 atom stereocenters. The molecule has 1 aromatic rings. The average molecular weight is 295 g/mol. The Kier molecular flexibility index (Phi) is 6.48. The predicted molar refractivity (Wildman–Crippen MR) is 78.2 cm³/mol. The van der Waals surface area contributed by atoms with Gasteiger partial charge in [-0.1, -0.05) is 13.0 Å². The third-order valence-electron chi connectivity index (χ3n) is 2.73. The van der Waals surface area contributed by atoms with E-state index in [1.165, 1.54) is 14.0 Å². The molecule has 1 unspecified atom stereocenters. The number of hydrogen-bond acceptors (Lipinski definition) is 5. The second kappa shape index (κ2) is 8.11. The number of nitrogens with two attached hydrogens (primary N) is 1. The summed E-state index contributed by atoms with van der Waals surface area (Å²) in [4.78, 5) is 22.3. The lowest BCUT2D eigenvalue weighted by Gasteiger charge is -2.17. The van der Waals surface area contributed by atoms with Gasteiger partial charge in [-0.3, -0.25) is 10.1 Å². The number of carbonyl (C=O) groups is 2. The summed E-state index contributed by atoms with van der Waals surface area (Å²) in [6.45, 7) is 5.06. The first-order chi connectivity index (χ1) is 9.97. The maximum Gasteiger partial charge on any atom is 0.318 e. The van der Waals surface area contributed by atoms with E-state index in [-0.39, 0.29) is 0 Å². The van der Waals surface area contributed by atoms with Crippen LogP contribution in [0.25, 0.3) is 0 Å². The van der Waals surface area contributed by atoms with Gasteiger partial charge in [-0.25, -0.2) is 4.79 Å². The zero-order chi connectivity index (χ0) is 15.8. The molecule has 0 aliphatic carbocycles. The van der Waals surface area contributed by atoms with Crippen LogP contribution in [-0.2, 0) is 11.3 Å². The van der Waals surface area contributed by atoms with Gasteiger partial charge in [0.25, 0.3) is 5.91 Å². The first-order valence-electron chi connectivity index (χ1n) is 6.62. The fourth-order valence-electron chi connectivity index (χ4n) is 1.66. The van der Waals surface area contributed by atoms with E-state index in [4.69, 9.17) is 15.2 Å². The normalized spacial score (nSPS) is 11.6. The molecule has 0 radical (unpaired) electrons. The van der Waals surface area contributed by atoms with E-state index < -0.39 is 18.0 Å². The second-order valence-corrected chi connectivity index (χ2v) is 4.38. The Hall–Kier alpha value is -2.28. The van der Waals surface area contributed by atoms with Gasteiger partial charge in [0.2, 0.25) is 0 Å². The Labute approximate surface area is 123 Å². The third kappa shape index (κ3) is 5.31. The van der Waals surface area contributed by atoms with Crippen LogP contribution in [0.2, 0.25) is 0 Å². The number of rotatable bonds is 7. The van der Waals surface area contributed by atoms with Crippen molar-refractivity contribution in [3.63, 3.8) is 0 Å². The highest BCUT2D eigenvalue weighted by atomic mass is 16.5. The Bertz CT molecular complexity index is 505. The van der Waals surface area contributed by atoms with E-state index in [1.54, 1.807) is 12.1 Å². The number of methoxy groups -OCH3 is 1. The van der Waals surface area contributed by atoms with Gasteiger partial charge in [0.1, 0.15) is 0 Å². The number of nitrogens with one attached hydrogen (secondary N) is 2. The Balaban J connectivity index is 2.83. The van der Waals surface area contributed by atoms with Crippen LogP contribution >= 0.6 is 0 Å². The number of primary amides is 1. The lowest BCUT2D eigenvalue weighted by molar-refractivity contribution is -0.126. The molecule has 21 heavy (non-hydrogen) atoms. The van der Waals surface area contributed by atoms with E-state index >= 15 is 0 Å². The van der Waals surface area contributed by atoms with Crippen LogP contribution in [0.3, 0.4) is 0 Å². The van der Waals surface area contributed by atoms with Crippen molar-refractivity contribution < 1.29 is 19.1 Å². The first-order valence-corrected chi connectivity index (χ1v) is 6.62. The quantitative estimate of drug-likeness (QED) is 0.689. The van der Waals surface area contributed by atoms with Crippen molar-refractivity contribution >= 4 is 11.9 Å². The summed E-state index contributed by atoms with van der Waals surface area (Å²) in [6.07, 6.45) is -0.874. The minimum Gasteiger partial charge on any atom is -0.493 e. The molecule has 0 aliphatic rings. The number of ether oxygens (including phenoxy) is 2. The van der Waals surface area contributed by atoms with Gasteiger partial charge in [0.05, 0.1) is 7.11 Å². The third-order valence-corrected chi connectivity index (χ3v) is 2.73. The molecule has 0 fully saturated rings. The Morgan fingerprint density at radius 1 is 1.33 bits per heavy atom. The molecular formula is C14H21N3O4. The molecule has 0 bridgehead atoms. The van der Waals surface area contributed by atoms with Crippen molar-refractivity contribution in [1.29, 1.82) is 0 Å². The number of amides is 3. The molecule has 1 aromatic carbocycles. The van der Waals surface area contributed by atoms with Crippen LogP contribution < -0.4 is 25.8 Å². The van der Waals surface area contributed by atoms with Crippen molar-refractivity contribution in [2.75, 3.05) is 13.7 Å². The van der Waals surface area contributed by atoms with Crippen molar-refractivity contribution in [1.82, 2.24) is 10.6 Å². The van der Waals surface area contributed by atoms with Gasteiger partial charge in [-0.15, -0.1) is 0 Å². The minimum absolute atomic E-state index is 0.431. The molecule has 0 spiro atoms. The lowest BCUT2D eigenvalue weighted by Crippen LogP contribution is -2.42. The van der Waals surface area contributed by atoms with Gasteiger partial charge < -0.3 is 20.5 Å². The van der Waals surface area contributed by atoms with Gasteiger partial charge in [0.15, 0.2) is 17.6 Å². The maximum absolute atomic E-state index is 11.6. The van der Waals surface area contributed by atoms with Gasteiger partial charge in [0, 0.05) is 6.54 Å². The summed E-state index contributed by atoms with van der Waals surface area (Å²) in [5, 5.41) is 5.17. The fraction of sp³-hybridized carbons (Fsp3) is 0.429. The van der Waals surface area contributed by atoms with E-state index in [0.29, 0.717) is 18.0 Å². The molecular weight excluding hydrogens is 274 g/mol. The molecule has 116 valence electrons. The smallest absolute Gasteiger partial charge is 0.318 e. The molecule has 3 amide bonds. The number of hydrogen-bond donors (Lipinski definition) is 3. The Morgan fingerprint density at radius 3 is 2.62 bits per heavy atom. The largest absolute Gasteiger partial charge is 0.493 e. The average Bonchev–Trinajstić information content (AvgIpc) is 2.44. The van der Waals surface area contributed by atoms with Gasteiger partial charge in [-0.2, -0.15) is 0 Å². The van der Waals surface area contributed by atoms with Crippen molar-refractivity contribution in [3.8, 4) is 11.5 Å². The highest BCUT2D eigenvalue weighted by Crippen LogP contribution is 2.29. The summed E-state index contributed by atoms with van der Waals surface area (Å²) in [5.41, 5.74) is 5.90. The van der Waals surface area contributed by atoms with E-state index in [0.717, 1.165) is 12.1 Å². The van der Waals surface area contributed by atoms with Crippen molar-refractivity contribution in [2.24, 2.45) is 5.73 Å². The van der Waals surface area contributed by atoms with Crippen molar-refractivity contribution in [3.05, 3.63) is 23.8 Å². The van der Waals surface area contributed by atoms with Gasteiger partial charge >= 0.3 is 6.03 Å². The molecule has 7 heteroatoms. The molecule has 0 aliphatic heterocycles. The molecule has 7 nitrogen and oxygen atoms in total. The Morgan fingerprint density at radius 2 is 2.05 bits per heavy atom. The fourth-order valence-corrected chi connectivity index (χ4v) is 1.66. The number of urea groups is 1. The van der Waals surface area contributed by atoms with E-state index in [2.05, 4.69) is 5.32 Å². The molecule has 1 rings (SSSR count). The monoisotopic (exact) mass is 295 g/mol. The summed E-state index contributed by atoms with van der Waals surface area (Å²) in [6, 6.07) is 4.54. The van der Waals surface area contributed by atoms with E-state index in [9.17, 15) is 9.59 Å². The lowest BCUT2D eigenvalue weighted by atomic mass is 10.2. The van der Waals surface area contributed by atoms with Crippen LogP contribution in [0.5, 0.6) is 11.5 Å². The van der Waals surface area contributed by atoms with Crippen LogP contribution in [0.4, 0.5) is 4.79 Å². The highest BCUT2D eigenvalue weighted by molar-refractivity contribution is 5.95. The maximum atomic E-state index is 11.6. The molecule has 0 saturated heterocycles. The topological polar surface area (TPSA) is 103 Å². The zero-order valence-corrected chi connectivity index (χ0v) is 12.4. The summed E-state index contributed by atoms with van der Waals surface area (Å²) < 4.78 is 10.7. The summed E-state index contributed by atoms with van der Waals surface area (Å²) in [7, 11) is 1.51. The summed E-state index contributed by atoms with van der Waals surface area (Å²) >= 11 is 0. The standard InChI is InChI=1S/C14H21N3O4/c1-4-16-8-10-5-6-11(20-3)12(7-10)21-9(2)13(18)17-14(15)19/h5-7,9,16H,4,8H2,1-3H3,(H3,15,17,18,19). The van der Waals surface area contributed by atoms with Crippen LogP contribution in [0.1, 0.15) is 19.4 Å². The molecule has 0 saturated carbocycles. The summed E-state index contributed by atoms with van der Waals surface area (Å²) in [5.74, 6) is 0.329. The minimum atomic E-state index is -0.914. The molecule has 0 heterocycles. The first kappa shape index (κ1) is 16.8. The number of benzene rings is 1. The van der Waals surface area contributed by atoms with Crippen LogP contribution in [-0.4, -0.2) is 31.7 Å². The molecule has 0 aromatic heterocycles.